The molecule has 0 unspecified atom stereocenters. The van der Waals surface area contributed by atoms with Gasteiger partial charge in [-0.2, -0.15) is 0 Å². The summed E-state index contributed by atoms with van der Waals surface area (Å²) in [6.45, 7) is 3.86. The summed E-state index contributed by atoms with van der Waals surface area (Å²) < 4.78 is 1.94. The van der Waals surface area contributed by atoms with Gasteiger partial charge in [0, 0.05) is 14.1 Å². The van der Waals surface area contributed by atoms with Crippen molar-refractivity contribution in [1.29, 1.82) is 0 Å². The minimum absolute atomic E-state index is 0.919. The Morgan fingerprint density at radius 1 is 1.10 bits per heavy atom. The molecule has 0 aromatic carbocycles. The van der Waals surface area contributed by atoms with Crippen LogP contribution in [0.4, 0.5) is 0 Å². The monoisotopic (exact) mass is 140 g/mol. The van der Waals surface area contributed by atoms with E-state index in [4.69, 9.17) is 0 Å². The molecular formula is C6H12N4. The van der Waals surface area contributed by atoms with Crippen molar-refractivity contribution >= 4 is 0 Å². The molecular weight excluding hydrogens is 128 g/mol. The number of rotatable bonds is 1. The lowest BCUT2D eigenvalue weighted by Crippen LogP contribution is -2.27. The Kier molecular flexibility index (Phi) is 1.61. The predicted molar refractivity (Wildman–Crippen MR) is 39.6 cm³/mol. The molecule has 1 aromatic rings. The lowest BCUT2D eigenvalue weighted by atomic mass is 10.6. The molecule has 1 aromatic heterocycles. The highest BCUT2D eigenvalue weighted by Crippen LogP contribution is 1.96. The molecule has 0 amide bonds. The first kappa shape index (κ1) is 7.05. The summed E-state index contributed by atoms with van der Waals surface area (Å²) >= 11 is 0. The summed E-state index contributed by atoms with van der Waals surface area (Å²) in [5.41, 5.74) is 0. The van der Waals surface area contributed by atoms with E-state index in [1.165, 1.54) is 0 Å². The Labute approximate surface area is 60.4 Å². The topological polar surface area (TPSA) is 34.0 Å². The van der Waals surface area contributed by atoms with Crippen molar-refractivity contribution in [2.45, 2.75) is 13.8 Å². The van der Waals surface area contributed by atoms with Crippen molar-refractivity contribution in [1.82, 2.24) is 14.9 Å². The van der Waals surface area contributed by atoms with Gasteiger partial charge in [-0.25, -0.2) is 4.68 Å². The van der Waals surface area contributed by atoms with E-state index < -0.39 is 0 Å². The quantitative estimate of drug-likeness (QED) is 0.554. The predicted octanol–water partition coefficient (Wildman–Crippen LogP) is 0.0925. The van der Waals surface area contributed by atoms with E-state index in [0.717, 1.165) is 11.6 Å². The van der Waals surface area contributed by atoms with Crippen molar-refractivity contribution in [2.75, 3.05) is 19.1 Å². The summed E-state index contributed by atoms with van der Waals surface area (Å²) in [6.07, 6.45) is 0. The van der Waals surface area contributed by atoms with Crippen LogP contribution < -0.4 is 5.01 Å². The van der Waals surface area contributed by atoms with Gasteiger partial charge in [-0.1, -0.05) is 0 Å². The van der Waals surface area contributed by atoms with E-state index in [1.807, 2.05) is 37.6 Å². The Morgan fingerprint density at radius 3 is 1.70 bits per heavy atom. The van der Waals surface area contributed by atoms with Gasteiger partial charge in [0.2, 0.25) is 0 Å². The van der Waals surface area contributed by atoms with Gasteiger partial charge in [0.1, 0.15) is 11.6 Å². The van der Waals surface area contributed by atoms with Gasteiger partial charge in [-0.15, -0.1) is 10.2 Å². The molecule has 0 N–H and O–H groups in total. The Hall–Kier alpha value is -1.06. The summed E-state index contributed by atoms with van der Waals surface area (Å²) in [4.78, 5) is 0. The zero-order valence-corrected chi connectivity index (χ0v) is 6.79. The highest BCUT2D eigenvalue weighted by atomic mass is 15.6. The van der Waals surface area contributed by atoms with E-state index in [2.05, 4.69) is 10.2 Å². The number of nitrogens with zero attached hydrogens (tertiary/aromatic N) is 4. The van der Waals surface area contributed by atoms with Gasteiger partial charge < -0.3 is 5.01 Å². The molecule has 0 atom stereocenters. The molecule has 0 aliphatic carbocycles. The fraction of sp³-hybridized carbons (Fsp3) is 0.667. The van der Waals surface area contributed by atoms with Crippen molar-refractivity contribution in [3.63, 3.8) is 0 Å². The van der Waals surface area contributed by atoms with E-state index in [1.54, 1.807) is 0 Å². The minimum atomic E-state index is 0.919. The van der Waals surface area contributed by atoms with Crippen LogP contribution in [0.5, 0.6) is 0 Å². The number of hydrogen-bond acceptors (Lipinski definition) is 3. The van der Waals surface area contributed by atoms with Gasteiger partial charge in [-0.05, 0) is 13.8 Å². The maximum Gasteiger partial charge on any atom is 0.149 e. The molecule has 0 spiro atoms. The fourth-order valence-corrected chi connectivity index (χ4v) is 1.04. The second-order valence-corrected chi connectivity index (χ2v) is 2.45. The van der Waals surface area contributed by atoms with Gasteiger partial charge in [0.25, 0.3) is 0 Å². The van der Waals surface area contributed by atoms with Crippen LogP contribution in [-0.4, -0.2) is 29.0 Å². The molecule has 0 saturated heterocycles. The molecule has 4 nitrogen and oxygen atoms in total. The minimum Gasteiger partial charge on any atom is -0.316 e. The Morgan fingerprint density at radius 2 is 1.50 bits per heavy atom. The van der Waals surface area contributed by atoms with Gasteiger partial charge in [0.15, 0.2) is 0 Å². The molecule has 4 heteroatoms. The second-order valence-electron chi connectivity index (χ2n) is 2.45. The third-order valence-electron chi connectivity index (χ3n) is 1.35. The lowest BCUT2D eigenvalue weighted by molar-refractivity contribution is 0.681. The van der Waals surface area contributed by atoms with E-state index in [9.17, 15) is 0 Å². The molecule has 1 heterocycles. The molecule has 0 radical (unpaired) electrons. The largest absolute Gasteiger partial charge is 0.316 e. The average Bonchev–Trinajstić information content (AvgIpc) is 2.11. The molecule has 1 rings (SSSR count). The first-order valence-corrected chi connectivity index (χ1v) is 3.19. The first-order chi connectivity index (χ1) is 4.63. The number of aryl methyl sites for hydroxylation is 2. The summed E-state index contributed by atoms with van der Waals surface area (Å²) in [5.74, 6) is 1.84. The van der Waals surface area contributed by atoms with Gasteiger partial charge >= 0.3 is 0 Å². The number of aromatic nitrogens is 3. The second kappa shape index (κ2) is 2.28. The van der Waals surface area contributed by atoms with Crippen LogP contribution in [0.15, 0.2) is 0 Å². The fourth-order valence-electron chi connectivity index (χ4n) is 1.04. The van der Waals surface area contributed by atoms with Crippen molar-refractivity contribution in [2.24, 2.45) is 0 Å². The molecule has 10 heavy (non-hydrogen) atoms. The maximum absolute atomic E-state index is 3.91. The van der Waals surface area contributed by atoms with E-state index >= 15 is 0 Å². The summed E-state index contributed by atoms with van der Waals surface area (Å²) in [6, 6.07) is 0. The normalized spacial score (nSPS) is 10.0. The smallest absolute Gasteiger partial charge is 0.149 e. The van der Waals surface area contributed by atoms with Crippen LogP contribution >= 0.6 is 0 Å². The number of hydrogen-bond donors (Lipinski definition) is 0. The zero-order chi connectivity index (χ0) is 7.72. The molecule has 0 bridgehead atoms. The van der Waals surface area contributed by atoms with Crippen molar-refractivity contribution in [3.05, 3.63) is 11.6 Å². The standard InChI is InChI=1S/C6H12N4/c1-5-7-8-6(2)10(5)9(3)4/h1-4H3. The van der Waals surface area contributed by atoms with Crippen LogP contribution in [0.3, 0.4) is 0 Å². The van der Waals surface area contributed by atoms with Crippen LogP contribution in [0.25, 0.3) is 0 Å². The molecule has 56 valence electrons. The molecule has 0 saturated carbocycles. The molecule has 0 fully saturated rings. The highest BCUT2D eigenvalue weighted by molar-refractivity contribution is 4.95. The third-order valence-corrected chi connectivity index (χ3v) is 1.35. The van der Waals surface area contributed by atoms with Crippen LogP contribution in [0.2, 0.25) is 0 Å². The average molecular weight is 140 g/mol. The SMILES string of the molecule is Cc1nnc(C)n1N(C)C. The maximum atomic E-state index is 3.91. The van der Waals surface area contributed by atoms with E-state index in [0.29, 0.717) is 0 Å². The van der Waals surface area contributed by atoms with E-state index in [-0.39, 0.29) is 0 Å². The Balaban J connectivity index is 3.10. The lowest BCUT2D eigenvalue weighted by Gasteiger charge is -2.15. The van der Waals surface area contributed by atoms with Crippen LogP contribution in [0, 0.1) is 13.8 Å². The summed E-state index contributed by atoms with van der Waals surface area (Å²) in [7, 11) is 3.92. The van der Waals surface area contributed by atoms with Crippen molar-refractivity contribution < 1.29 is 0 Å². The third kappa shape index (κ3) is 0.964. The first-order valence-electron chi connectivity index (χ1n) is 3.19. The Bertz CT molecular complexity index is 206. The van der Waals surface area contributed by atoms with Crippen molar-refractivity contribution in [3.8, 4) is 0 Å². The highest BCUT2D eigenvalue weighted by Gasteiger charge is 2.03. The molecule has 0 aliphatic heterocycles. The zero-order valence-electron chi connectivity index (χ0n) is 6.79. The van der Waals surface area contributed by atoms with Gasteiger partial charge in [0.05, 0.1) is 0 Å². The van der Waals surface area contributed by atoms with Crippen LogP contribution in [0.1, 0.15) is 11.6 Å². The van der Waals surface area contributed by atoms with Gasteiger partial charge in [-0.3, -0.25) is 0 Å². The molecule has 0 aliphatic rings. The van der Waals surface area contributed by atoms with Crippen LogP contribution in [-0.2, 0) is 0 Å². The summed E-state index contributed by atoms with van der Waals surface area (Å²) in [5, 5.41) is 9.77.